The number of aromatic nitrogens is 3. The molecular weight excluding hydrogens is 378 g/mol. The highest BCUT2D eigenvalue weighted by atomic mass is 16.2. The van der Waals surface area contributed by atoms with Gasteiger partial charge in [0.05, 0.1) is 11.3 Å². The number of carbonyl (C=O) groups excluding carboxylic acids is 2. The number of amides is 2. The molecule has 160 valence electrons. The van der Waals surface area contributed by atoms with Crippen LogP contribution in [0.4, 0.5) is 5.82 Å². The van der Waals surface area contributed by atoms with Gasteiger partial charge in [-0.2, -0.15) is 5.10 Å². The van der Waals surface area contributed by atoms with Crippen molar-refractivity contribution in [2.24, 2.45) is 13.0 Å². The number of anilines is 1. The van der Waals surface area contributed by atoms with E-state index in [-0.39, 0.29) is 23.3 Å². The van der Waals surface area contributed by atoms with Crippen molar-refractivity contribution in [3.8, 4) is 0 Å². The molecular formula is C23H31N5O2. The first-order valence-corrected chi connectivity index (χ1v) is 11.0. The van der Waals surface area contributed by atoms with Gasteiger partial charge in [-0.3, -0.25) is 14.3 Å². The molecule has 2 aromatic heterocycles. The fourth-order valence-electron chi connectivity index (χ4n) is 4.40. The maximum absolute atomic E-state index is 13.0. The van der Waals surface area contributed by atoms with Gasteiger partial charge in [-0.15, -0.1) is 0 Å². The van der Waals surface area contributed by atoms with E-state index in [1.54, 1.807) is 10.9 Å². The summed E-state index contributed by atoms with van der Waals surface area (Å²) in [6, 6.07) is 3.90. The standard InChI is InChI=1S/C23H31N5O2/c1-16-19(15-28(2)27-16)22(30)26-23(11-4-3-5-12-23)13-10-17-6-9-20(24-14-17)25-21(29)18-7-8-18/h6,9,14-15,18H,3-5,7-8,10-13H2,1-2H3,(H,26,30)(H,24,25,29). The minimum atomic E-state index is -0.184. The van der Waals surface area contributed by atoms with Crippen molar-refractivity contribution in [3.63, 3.8) is 0 Å². The third-order valence-corrected chi connectivity index (χ3v) is 6.36. The molecule has 4 rings (SSSR count). The SMILES string of the molecule is Cc1nn(C)cc1C(=O)NC1(CCc2ccc(NC(=O)C3CC3)nc2)CCCCC1. The van der Waals surface area contributed by atoms with Crippen LogP contribution in [0.3, 0.4) is 0 Å². The molecule has 2 heterocycles. The van der Waals surface area contributed by atoms with Crippen molar-refractivity contribution >= 4 is 17.6 Å². The van der Waals surface area contributed by atoms with E-state index >= 15 is 0 Å². The van der Waals surface area contributed by atoms with E-state index in [1.807, 2.05) is 32.3 Å². The lowest BCUT2D eigenvalue weighted by molar-refractivity contribution is -0.117. The number of pyridine rings is 1. The Morgan fingerprint density at radius 1 is 1.20 bits per heavy atom. The Morgan fingerprint density at radius 3 is 2.57 bits per heavy atom. The minimum absolute atomic E-state index is 0.0289. The highest BCUT2D eigenvalue weighted by molar-refractivity contribution is 5.95. The summed E-state index contributed by atoms with van der Waals surface area (Å²) >= 11 is 0. The Balaban J connectivity index is 1.39. The fraction of sp³-hybridized carbons (Fsp3) is 0.565. The molecule has 7 heteroatoms. The second kappa shape index (κ2) is 8.58. The monoisotopic (exact) mass is 409 g/mol. The maximum atomic E-state index is 13.0. The number of nitrogens with zero attached hydrogens (tertiary/aromatic N) is 3. The minimum Gasteiger partial charge on any atom is -0.346 e. The lowest BCUT2D eigenvalue weighted by Gasteiger charge is -2.38. The van der Waals surface area contributed by atoms with Crippen molar-refractivity contribution < 1.29 is 9.59 Å². The summed E-state index contributed by atoms with van der Waals surface area (Å²) in [5, 5.41) is 10.5. The average molecular weight is 410 g/mol. The molecule has 0 unspecified atom stereocenters. The molecule has 0 atom stereocenters. The first-order chi connectivity index (χ1) is 14.4. The van der Waals surface area contributed by atoms with E-state index in [0.29, 0.717) is 11.4 Å². The highest BCUT2D eigenvalue weighted by Crippen LogP contribution is 2.33. The third kappa shape index (κ3) is 4.89. The third-order valence-electron chi connectivity index (χ3n) is 6.36. The van der Waals surface area contributed by atoms with E-state index < -0.39 is 0 Å². The van der Waals surface area contributed by atoms with Crippen LogP contribution in [0.15, 0.2) is 24.5 Å². The van der Waals surface area contributed by atoms with Gasteiger partial charge in [0, 0.05) is 30.9 Å². The van der Waals surface area contributed by atoms with Gasteiger partial charge >= 0.3 is 0 Å². The van der Waals surface area contributed by atoms with Crippen LogP contribution >= 0.6 is 0 Å². The van der Waals surface area contributed by atoms with Gasteiger partial charge < -0.3 is 10.6 Å². The van der Waals surface area contributed by atoms with Crippen molar-refractivity contribution in [1.29, 1.82) is 0 Å². The molecule has 2 fully saturated rings. The first kappa shape index (κ1) is 20.6. The zero-order valence-corrected chi connectivity index (χ0v) is 17.9. The van der Waals surface area contributed by atoms with Gasteiger partial charge in [0.15, 0.2) is 0 Å². The number of hydrogen-bond donors (Lipinski definition) is 2. The molecule has 0 bridgehead atoms. The summed E-state index contributed by atoms with van der Waals surface area (Å²) in [6.45, 7) is 1.87. The summed E-state index contributed by atoms with van der Waals surface area (Å²) in [5.74, 6) is 0.830. The molecule has 0 saturated heterocycles. The lowest BCUT2D eigenvalue weighted by atomic mass is 9.77. The predicted molar refractivity (Wildman–Crippen MR) is 115 cm³/mol. The van der Waals surface area contributed by atoms with Gasteiger partial charge in [0.25, 0.3) is 5.91 Å². The van der Waals surface area contributed by atoms with Gasteiger partial charge in [-0.05, 0) is 57.1 Å². The van der Waals surface area contributed by atoms with E-state index in [0.717, 1.165) is 62.6 Å². The normalized spacial score (nSPS) is 18.1. The van der Waals surface area contributed by atoms with E-state index in [1.165, 1.54) is 6.42 Å². The molecule has 2 aromatic rings. The second-order valence-corrected chi connectivity index (χ2v) is 8.91. The number of nitrogens with one attached hydrogen (secondary N) is 2. The summed E-state index contributed by atoms with van der Waals surface area (Å²) in [7, 11) is 1.84. The Morgan fingerprint density at radius 2 is 1.97 bits per heavy atom. The fourth-order valence-corrected chi connectivity index (χ4v) is 4.40. The molecule has 2 N–H and O–H groups in total. The van der Waals surface area contributed by atoms with Crippen LogP contribution < -0.4 is 10.6 Å². The molecule has 2 amide bonds. The van der Waals surface area contributed by atoms with Gasteiger partial charge in [-0.1, -0.05) is 25.3 Å². The van der Waals surface area contributed by atoms with E-state index in [2.05, 4.69) is 20.7 Å². The van der Waals surface area contributed by atoms with Crippen LogP contribution in [0.5, 0.6) is 0 Å². The summed E-state index contributed by atoms with van der Waals surface area (Å²) in [4.78, 5) is 29.2. The van der Waals surface area contributed by atoms with E-state index in [9.17, 15) is 9.59 Å². The number of carbonyl (C=O) groups is 2. The Bertz CT molecular complexity index is 908. The molecule has 0 aromatic carbocycles. The largest absolute Gasteiger partial charge is 0.346 e. The van der Waals surface area contributed by atoms with Crippen LogP contribution in [0, 0.1) is 12.8 Å². The second-order valence-electron chi connectivity index (χ2n) is 8.91. The quantitative estimate of drug-likeness (QED) is 0.732. The smallest absolute Gasteiger partial charge is 0.255 e. The van der Waals surface area contributed by atoms with Crippen molar-refractivity contribution in [2.75, 3.05) is 5.32 Å². The molecule has 0 spiro atoms. The average Bonchev–Trinajstić information content (AvgIpc) is 3.52. The van der Waals surface area contributed by atoms with Gasteiger partial charge in [0.1, 0.15) is 5.82 Å². The summed E-state index contributed by atoms with van der Waals surface area (Å²) in [6.07, 6.45) is 12.8. The topological polar surface area (TPSA) is 88.9 Å². The number of hydrogen-bond acceptors (Lipinski definition) is 4. The number of rotatable bonds is 7. The summed E-state index contributed by atoms with van der Waals surface area (Å²) in [5.41, 5.74) is 2.35. The molecule has 30 heavy (non-hydrogen) atoms. The highest BCUT2D eigenvalue weighted by Gasteiger charge is 2.34. The van der Waals surface area contributed by atoms with Crippen molar-refractivity contribution in [2.45, 2.75) is 70.3 Å². The number of aryl methyl sites for hydroxylation is 3. The summed E-state index contributed by atoms with van der Waals surface area (Å²) < 4.78 is 1.69. The Labute approximate surface area is 177 Å². The molecule has 0 aliphatic heterocycles. The molecule has 0 radical (unpaired) electrons. The molecule has 2 aliphatic carbocycles. The van der Waals surface area contributed by atoms with Gasteiger partial charge in [0.2, 0.25) is 5.91 Å². The van der Waals surface area contributed by atoms with Crippen molar-refractivity contribution in [3.05, 3.63) is 41.3 Å². The van der Waals surface area contributed by atoms with Crippen LogP contribution in [-0.2, 0) is 18.3 Å². The predicted octanol–water partition coefficient (Wildman–Crippen LogP) is 3.54. The zero-order chi connectivity index (χ0) is 21.1. The van der Waals surface area contributed by atoms with Crippen LogP contribution in [0.1, 0.15) is 73.0 Å². The molecule has 2 saturated carbocycles. The first-order valence-electron chi connectivity index (χ1n) is 11.0. The lowest BCUT2D eigenvalue weighted by Crippen LogP contribution is -2.50. The maximum Gasteiger partial charge on any atom is 0.255 e. The van der Waals surface area contributed by atoms with Crippen LogP contribution in [0.2, 0.25) is 0 Å². The zero-order valence-electron chi connectivity index (χ0n) is 17.9. The Kier molecular flexibility index (Phi) is 5.88. The molecule has 2 aliphatic rings. The van der Waals surface area contributed by atoms with Crippen LogP contribution in [0.25, 0.3) is 0 Å². The molecule has 7 nitrogen and oxygen atoms in total. The Hall–Kier alpha value is -2.70. The van der Waals surface area contributed by atoms with Gasteiger partial charge in [-0.25, -0.2) is 4.98 Å². The van der Waals surface area contributed by atoms with E-state index in [4.69, 9.17) is 0 Å². The van der Waals surface area contributed by atoms with Crippen LogP contribution in [-0.4, -0.2) is 32.1 Å². The van der Waals surface area contributed by atoms with Crippen molar-refractivity contribution in [1.82, 2.24) is 20.1 Å².